The topological polar surface area (TPSA) is 12.0 Å². The molecule has 0 fully saturated rings. The van der Waals surface area contributed by atoms with Crippen LogP contribution in [0.1, 0.15) is 64.5 Å². The lowest BCUT2D eigenvalue weighted by molar-refractivity contribution is 0.415. The van der Waals surface area contributed by atoms with Gasteiger partial charge in [0.2, 0.25) is 0 Å². The van der Waals surface area contributed by atoms with Gasteiger partial charge in [0.15, 0.2) is 0 Å². The molecule has 0 aliphatic heterocycles. The molecule has 1 nitrogen and oxygen atoms in total. The van der Waals surface area contributed by atoms with E-state index in [0.717, 1.165) is 6.42 Å². The fourth-order valence-corrected chi connectivity index (χ4v) is 2.27. The molecule has 0 spiro atoms. The van der Waals surface area contributed by atoms with Gasteiger partial charge < -0.3 is 5.32 Å². The Morgan fingerprint density at radius 2 is 1.78 bits per heavy atom. The molecule has 2 heteroatoms. The fourth-order valence-electron chi connectivity index (χ4n) is 2.27. The SMILES string of the molecule is CCCCCC(C)NC(CC)c1ccc(F)cc1. The zero-order valence-corrected chi connectivity index (χ0v) is 11.9. The third-order valence-corrected chi connectivity index (χ3v) is 3.41. The number of hydrogen-bond donors (Lipinski definition) is 1. The van der Waals surface area contributed by atoms with Crippen LogP contribution >= 0.6 is 0 Å². The maximum absolute atomic E-state index is 12.9. The summed E-state index contributed by atoms with van der Waals surface area (Å²) in [5.74, 6) is -0.162. The zero-order valence-electron chi connectivity index (χ0n) is 11.9. The molecule has 0 bridgehead atoms. The van der Waals surface area contributed by atoms with Crippen LogP contribution in [-0.4, -0.2) is 6.04 Å². The van der Waals surface area contributed by atoms with Crippen molar-refractivity contribution in [3.8, 4) is 0 Å². The van der Waals surface area contributed by atoms with Crippen LogP contribution in [0.4, 0.5) is 4.39 Å². The average Bonchev–Trinajstić information content (AvgIpc) is 2.37. The van der Waals surface area contributed by atoms with Crippen LogP contribution in [0.15, 0.2) is 24.3 Å². The largest absolute Gasteiger partial charge is 0.307 e. The summed E-state index contributed by atoms with van der Waals surface area (Å²) in [6, 6.07) is 7.71. The van der Waals surface area contributed by atoms with Gasteiger partial charge in [-0.3, -0.25) is 0 Å². The average molecular weight is 251 g/mol. The molecule has 0 aliphatic rings. The lowest BCUT2D eigenvalue weighted by Gasteiger charge is -2.22. The van der Waals surface area contributed by atoms with E-state index in [9.17, 15) is 4.39 Å². The predicted molar refractivity (Wildman–Crippen MR) is 76.2 cm³/mol. The van der Waals surface area contributed by atoms with Crippen molar-refractivity contribution < 1.29 is 4.39 Å². The Hall–Kier alpha value is -0.890. The van der Waals surface area contributed by atoms with Crippen LogP contribution in [0.25, 0.3) is 0 Å². The van der Waals surface area contributed by atoms with Crippen LogP contribution in [0.2, 0.25) is 0 Å². The van der Waals surface area contributed by atoms with Gasteiger partial charge in [-0.15, -0.1) is 0 Å². The zero-order chi connectivity index (χ0) is 13.4. The fraction of sp³-hybridized carbons (Fsp3) is 0.625. The molecule has 18 heavy (non-hydrogen) atoms. The normalized spacial score (nSPS) is 14.4. The van der Waals surface area contributed by atoms with Gasteiger partial charge in [0.05, 0.1) is 0 Å². The summed E-state index contributed by atoms with van der Waals surface area (Å²) in [5, 5.41) is 3.64. The quantitative estimate of drug-likeness (QED) is 0.652. The second-order valence-electron chi connectivity index (χ2n) is 5.08. The number of benzene rings is 1. The third-order valence-electron chi connectivity index (χ3n) is 3.41. The van der Waals surface area contributed by atoms with Crippen LogP contribution in [0.5, 0.6) is 0 Å². The number of nitrogens with one attached hydrogen (secondary N) is 1. The number of hydrogen-bond acceptors (Lipinski definition) is 1. The van der Waals surface area contributed by atoms with E-state index in [4.69, 9.17) is 0 Å². The van der Waals surface area contributed by atoms with Crippen LogP contribution in [0, 0.1) is 5.82 Å². The van der Waals surface area contributed by atoms with E-state index in [2.05, 4.69) is 26.1 Å². The van der Waals surface area contributed by atoms with Gasteiger partial charge in [0.25, 0.3) is 0 Å². The monoisotopic (exact) mass is 251 g/mol. The molecule has 1 N–H and O–H groups in total. The molecular formula is C16H26FN. The minimum atomic E-state index is -0.162. The maximum atomic E-state index is 12.9. The molecule has 0 radical (unpaired) electrons. The van der Waals surface area contributed by atoms with Crippen LogP contribution < -0.4 is 5.32 Å². The standard InChI is InChI=1S/C16H26FN/c1-4-6-7-8-13(3)18-16(5-2)14-9-11-15(17)12-10-14/h9-13,16,18H,4-8H2,1-3H3. The van der Waals surface area contributed by atoms with E-state index in [1.807, 2.05) is 12.1 Å². The van der Waals surface area contributed by atoms with E-state index in [-0.39, 0.29) is 5.82 Å². The van der Waals surface area contributed by atoms with Crippen LogP contribution in [-0.2, 0) is 0 Å². The van der Waals surface area contributed by atoms with Crippen LogP contribution in [0.3, 0.4) is 0 Å². The lowest BCUT2D eigenvalue weighted by Crippen LogP contribution is -2.30. The molecule has 0 aromatic heterocycles. The second-order valence-corrected chi connectivity index (χ2v) is 5.08. The molecule has 102 valence electrons. The first kappa shape index (κ1) is 15.2. The van der Waals surface area contributed by atoms with Crippen molar-refractivity contribution in [1.82, 2.24) is 5.32 Å². The van der Waals surface area contributed by atoms with Crippen molar-refractivity contribution >= 4 is 0 Å². The van der Waals surface area contributed by atoms with Crippen molar-refractivity contribution in [2.75, 3.05) is 0 Å². The molecule has 1 aromatic rings. The minimum Gasteiger partial charge on any atom is -0.307 e. The highest BCUT2D eigenvalue weighted by Crippen LogP contribution is 2.18. The number of rotatable bonds is 8. The van der Waals surface area contributed by atoms with Gasteiger partial charge >= 0.3 is 0 Å². The summed E-state index contributed by atoms with van der Waals surface area (Å²) in [4.78, 5) is 0. The summed E-state index contributed by atoms with van der Waals surface area (Å²) in [7, 11) is 0. The Kier molecular flexibility index (Phi) is 6.96. The van der Waals surface area contributed by atoms with Gasteiger partial charge in [0.1, 0.15) is 5.82 Å². The molecule has 0 aliphatic carbocycles. The van der Waals surface area contributed by atoms with Crippen molar-refractivity contribution in [1.29, 1.82) is 0 Å². The number of unbranched alkanes of at least 4 members (excludes halogenated alkanes) is 2. The summed E-state index contributed by atoms with van der Waals surface area (Å²) in [6.07, 6.45) is 6.10. The molecule has 1 rings (SSSR count). The summed E-state index contributed by atoms with van der Waals surface area (Å²) in [6.45, 7) is 6.63. The number of halogens is 1. The van der Waals surface area contributed by atoms with E-state index in [1.165, 1.54) is 31.2 Å². The lowest BCUT2D eigenvalue weighted by atomic mass is 10.0. The van der Waals surface area contributed by atoms with Gasteiger partial charge in [-0.1, -0.05) is 45.2 Å². The molecule has 2 unspecified atom stereocenters. The molecule has 0 heterocycles. The highest BCUT2D eigenvalue weighted by Gasteiger charge is 2.12. The van der Waals surface area contributed by atoms with Gasteiger partial charge in [-0.05, 0) is 37.5 Å². The van der Waals surface area contributed by atoms with Gasteiger partial charge in [-0.25, -0.2) is 4.39 Å². The smallest absolute Gasteiger partial charge is 0.123 e. The summed E-state index contributed by atoms with van der Waals surface area (Å²) >= 11 is 0. The Morgan fingerprint density at radius 1 is 1.11 bits per heavy atom. The Bertz CT molecular complexity index is 320. The molecule has 0 saturated carbocycles. The first-order chi connectivity index (χ1) is 8.67. The van der Waals surface area contributed by atoms with E-state index in [1.54, 1.807) is 12.1 Å². The minimum absolute atomic E-state index is 0.162. The molecule has 0 amide bonds. The van der Waals surface area contributed by atoms with Crippen molar-refractivity contribution in [3.05, 3.63) is 35.6 Å². The Morgan fingerprint density at radius 3 is 2.33 bits per heavy atom. The van der Waals surface area contributed by atoms with Gasteiger partial charge in [-0.2, -0.15) is 0 Å². The van der Waals surface area contributed by atoms with E-state index < -0.39 is 0 Å². The summed E-state index contributed by atoms with van der Waals surface area (Å²) < 4.78 is 12.9. The highest BCUT2D eigenvalue weighted by atomic mass is 19.1. The molecule has 2 atom stereocenters. The van der Waals surface area contributed by atoms with Gasteiger partial charge in [0, 0.05) is 12.1 Å². The van der Waals surface area contributed by atoms with E-state index >= 15 is 0 Å². The molecular weight excluding hydrogens is 225 g/mol. The highest BCUT2D eigenvalue weighted by molar-refractivity contribution is 5.19. The molecule has 1 aromatic carbocycles. The Labute approximate surface area is 111 Å². The first-order valence-corrected chi connectivity index (χ1v) is 7.18. The predicted octanol–water partition coefficient (Wildman–Crippen LogP) is 4.84. The Balaban J connectivity index is 2.48. The third kappa shape index (κ3) is 5.18. The van der Waals surface area contributed by atoms with Crippen molar-refractivity contribution in [2.45, 2.75) is 65.0 Å². The molecule has 0 saturated heterocycles. The second kappa shape index (κ2) is 8.25. The maximum Gasteiger partial charge on any atom is 0.123 e. The summed E-state index contributed by atoms with van der Waals surface area (Å²) in [5.41, 5.74) is 1.18. The van der Waals surface area contributed by atoms with E-state index in [0.29, 0.717) is 12.1 Å². The van der Waals surface area contributed by atoms with Crippen molar-refractivity contribution in [2.24, 2.45) is 0 Å². The van der Waals surface area contributed by atoms with Crippen molar-refractivity contribution in [3.63, 3.8) is 0 Å². The first-order valence-electron chi connectivity index (χ1n) is 7.18.